The van der Waals surface area contributed by atoms with Gasteiger partial charge in [-0.3, -0.25) is 4.79 Å². The van der Waals surface area contributed by atoms with Gasteiger partial charge in [-0.1, -0.05) is 19.8 Å². The van der Waals surface area contributed by atoms with Gasteiger partial charge in [0, 0.05) is 12.6 Å². The molecule has 0 aromatic rings. The quantitative estimate of drug-likeness (QED) is 0.633. The van der Waals surface area contributed by atoms with Gasteiger partial charge in [0.1, 0.15) is 5.88 Å². The fourth-order valence-corrected chi connectivity index (χ4v) is 3.45. The monoisotopic (exact) mass is 229 g/mol. The van der Waals surface area contributed by atoms with Crippen molar-refractivity contribution in [1.29, 1.82) is 0 Å². The molecule has 1 amide bonds. The van der Waals surface area contributed by atoms with E-state index in [0.29, 0.717) is 6.04 Å². The molecule has 1 aliphatic heterocycles. The van der Waals surface area contributed by atoms with Crippen LogP contribution in [0.25, 0.3) is 0 Å². The first-order valence-electron chi connectivity index (χ1n) is 6.09. The molecule has 2 nitrogen and oxygen atoms in total. The second-order valence-electron chi connectivity index (χ2n) is 5.00. The lowest BCUT2D eigenvalue weighted by Gasteiger charge is -2.47. The van der Waals surface area contributed by atoms with Gasteiger partial charge in [-0.2, -0.15) is 0 Å². The third-order valence-corrected chi connectivity index (χ3v) is 4.40. The molecule has 0 radical (unpaired) electrons. The fourth-order valence-electron chi connectivity index (χ4n) is 3.30. The molecule has 0 aromatic heterocycles. The zero-order valence-corrected chi connectivity index (χ0v) is 10.2. The summed E-state index contributed by atoms with van der Waals surface area (Å²) in [4.78, 5) is 13.8. The Bertz CT molecular complexity index is 244. The van der Waals surface area contributed by atoms with Crippen LogP contribution >= 0.6 is 11.6 Å². The normalized spacial score (nSPS) is 36.1. The number of alkyl halides is 1. The van der Waals surface area contributed by atoms with Gasteiger partial charge < -0.3 is 4.90 Å². The molecule has 1 heterocycles. The van der Waals surface area contributed by atoms with Crippen molar-refractivity contribution in [2.45, 2.75) is 45.1 Å². The molecule has 0 N–H and O–H groups in total. The molecular formula is C12H20ClNO. The highest BCUT2D eigenvalue weighted by molar-refractivity contribution is 6.27. The van der Waals surface area contributed by atoms with E-state index in [0.717, 1.165) is 24.8 Å². The number of piperidine rings is 1. The van der Waals surface area contributed by atoms with E-state index in [9.17, 15) is 4.79 Å². The van der Waals surface area contributed by atoms with Crippen LogP contribution in [0.3, 0.4) is 0 Å². The first kappa shape index (κ1) is 11.3. The molecular weight excluding hydrogens is 210 g/mol. The molecule has 1 saturated carbocycles. The summed E-state index contributed by atoms with van der Waals surface area (Å²) in [5.41, 5.74) is 0. The van der Waals surface area contributed by atoms with Gasteiger partial charge in [-0.15, -0.1) is 11.6 Å². The molecule has 15 heavy (non-hydrogen) atoms. The van der Waals surface area contributed by atoms with Crippen LogP contribution in [0.5, 0.6) is 0 Å². The van der Waals surface area contributed by atoms with Crippen molar-refractivity contribution in [2.75, 3.05) is 12.4 Å². The molecule has 2 fully saturated rings. The summed E-state index contributed by atoms with van der Waals surface area (Å²) in [6, 6.07) is 0.494. The second-order valence-corrected chi connectivity index (χ2v) is 5.27. The number of hydrogen-bond donors (Lipinski definition) is 0. The third kappa shape index (κ3) is 2.15. The van der Waals surface area contributed by atoms with Gasteiger partial charge in [-0.05, 0) is 31.1 Å². The highest BCUT2D eigenvalue weighted by Crippen LogP contribution is 2.38. The van der Waals surface area contributed by atoms with Crippen molar-refractivity contribution in [2.24, 2.45) is 11.8 Å². The lowest BCUT2D eigenvalue weighted by Crippen LogP contribution is -2.52. The van der Waals surface area contributed by atoms with Gasteiger partial charge in [0.05, 0.1) is 0 Å². The topological polar surface area (TPSA) is 20.3 Å². The molecule has 2 rings (SSSR count). The molecule has 0 bridgehead atoms. The zero-order chi connectivity index (χ0) is 10.8. The third-order valence-electron chi connectivity index (χ3n) is 4.17. The lowest BCUT2D eigenvalue weighted by atomic mass is 9.72. The second kappa shape index (κ2) is 4.73. The van der Waals surface area contributed by atoms with E-state index in [1.807, 2.05) is 0 Å². The molecule has 0 unspecified atom stereocenters. The fraction of sp³-hybridized carbons (Fsp3) is 0.917. The van der Waals surface area contributed by atoms with Crippen molar-refractivity contribution in [3.05, 3.63) is 0 Å². The van der Waals surface area contributed by atoms with Crippen molar-refractivity contribution in [3.63, 3.8) is 0 Å². The van der Waals surface area contributed by atoms with Gasteiger partial charge in [-0.25, -0.2) is 0 Å². The standard InChI is InChI=1S/C12H20ClNO/c1-9-6-7-14(12(15)8-13)11-5-3-2-4-10(9)11/h9-11H,2-8H2,1H3/t9-,10-,11+/m1/s1. The maximum atomic E-state index is 11.7. The maximum absolute atomic E-state index is 11.7. The number of nitrogens with zero attached hydrogens (tertiary/aromatic N) is 1. The summed E-state index contributed by atoms with van der Waals surface area (Å²) in [7, 11) is 0. The van der Waals surface area contributed by atoms with E-state index in [4.69, 9.17) is 11.6 Å². The largest absolute Gasteiger partial charge is 0.338 e. The molecule has 0 spiro atoms. The van der Waals surface area contributed by atoms with Gasteiger partial charge in [0.15, 0.2) is 0 Å². The molecule has 0 aromatic carbocycles. The Hall–Kier alpha value is -0.240. The summed E-state index contributed by atoms with van der Waals surface area (Å²) < 4.78 is 0. The van der Waals surface area contributed by atoms with Crippen LogP contribution in [0.15, 0.2) is 0 Å². The Labute approximate surface area is 97.0 Å². The van der Waals surface area contributed by atoms with E-state index < -0.39 is 0 Å². The van der Waals surface area contributed by atoms with Crippen LogP contribution in [0.2, 0.25) is 0 Å². The van der Waals surface area contributed by atoms with E-state index >= 15 is 0 Å². The average molecular weight is 230 g/mol. The van der Waals surface area contributed by atoms with Gasteiger partial charge in [0.25, 0.3) is 0 Å². The number of amides is 1. The van der Waals surface area contributed by atoms with Crippen LogP contribution in [-0.4, -0.2) is 29.3 Å². The number of halogens is 1. The molecule has 3 heteroatoms. The SMILES string of the molecule is C[C@@H]1CCN(C(=O)CCl)[C@H]2CCCC[C@H]12. The first-order chi connectivity index (χ1) is 7.24. The molecule has 1 aliphatic carbocycles. The predicted octanol–water partition coefficient (Wildman–Crippen LogP) is 2.65. The summed E-state index contributed by atoms with van der Waals surface area (Å²) >= 11 is 5.66. The Morgan fingerprint density at radius 3 is 2.80 bits per heavy atom. The Kier molecular flexibility index (Phi) is 3.55. The summed E-state index contributed by atoms with van der Waals surface area (Å²) in [6.45, 7) is 3.26. The van der Waals surface area contributed by atoms with Crippen LogP contribution in [0.4, 0.5) is 0 Å². The van der Waals surface area contributed by atoms with Crippen molar-refractivity contribution < 1.29 is 4.79 Å². The van der Waals surface area contributed by atoms with Crippen LogP contribution in [0.1, 0.15) is 39.0 Å². The number of hydrogen-bond acceptors (Lipinski definition) is 1. The highest BCUT2D eigenvalue weighted by atomic mass is 35.5. The van der Waals surface area contributed by atoms with E-state index in [1.165, 1.54) is 25.7 Å². The zero-order valence-electron chi connectivity index (χ0n) is 9.42. The number of rotatable bonds is 1. The van der Waals surface area contributed by atoms with Crippen LogP contribution in [-0.2, 0) is 4.79 Å². The summed E-state index contributed by atoms with van der Waals surface area (Å²) in [5.74, 6) is 1.81. The van der Waals surface area contributed by atoms with Crippen molar-refractivity contribution in [1.82, 2.24) is 4.90 Å². The smallest absolute Gasteiger partial charge is 0.237 e. The van der Waals surface area contributed by atoms with Crippen molar-refractivity contribution in [3.8, 4) is 0 Å². The minimum atomic E-state index is 0.139. The minimum absolute atomic E-state index is 0.139. The molecule has 2 aliphatic rings. The van der Waals surface area contributed by atoms with Gasteiger partial charge >= 0.3 is 0 Å². The number of carbonyl (C=O) groups excluding carboxylic acids is 1. The molecule has 3 atom stereocenters. The predicted molar refractivity (Wildman–Crippen MR) is 62.0 cm³/mol. The number of carbonyl (C=O) groups is 1. The van der Waals surface area contributed by atoms with E-state index in [2.05, 4.69) is 11.8 Å². The van der Waals surface area contributed by atoms with Crippen molar-refractivity contribution >= 4 is 17.5 Å². The van der Waals surface area contributed by atoms with E-state index in [-0.39, 0.29) is 11.8 Å². The number of fused-ring (bicyclic) bond motifs is 1. The molecule has 86 valence electrons. The van der Waals surface area contributed by atoms with Gasteiger partial charge in [0.2, 0.25) is 5.91 Å². The maximum Gasteiger partial charge on any atom is 0.237 e. The Balaban J connectivity index is 2.10. The van der Waals surface area contributed by atoms with E-state index in [1.54, 1.807) is 0 Å². The summed E-state index contributed by atoms with van der Waals surface area (Å²) in [6.07, 6.45) is 6.27. The summed E-state index contributed by atoms with van der Waals surface area (Å²) in [5, 5.41) is 0. The highest BCUT2D eigenvalue weighted by Gasteiger charge is 2.38. The Morgan fingerprint density at radius 2 is 2.07 bits per heavy atom. The lowest BCUT2D eigenvalue weighted by molar-refractivity contribution is -0.136. The van der Waals surface area contributed by atoms with Crippen LogP contribution in [0, 0.1) is 11.8 Å². The van der Waals surface area contributed by atoms with Crippen LogP contribution < -0.4 is 0 Å². The first-order valence-corrected chi connectivity index (χ1v) is 6.63. The number of likely N-dealkylation sites (tertiary alicyclic amines) is 1. The molecule has 1 saturated heterocycles. The minimum Gasteiger partial charge on any atom is -0.338 e. The average Bonchev–Trinajstić information content (AvgIpc) is 2.29. The Morgan fingerprint density at radius 1 is 1.33 bits per heavy atom.